The van der Waals surface area contributed by atoms with Gasteiger partial charge in [0.25, 0.3) is 5.91 Å². The van der Waals surface area contributed by atoms with Crippen molar-refractivity contribution in [2.45, 2.75) is 32.1 Å². The molecule has 1 aromatic heterocycles. The summed E-state index contributed by atoms with van der Waals surface area (Å²) in [7, 11) is 0. The summed E-state index contributed by atoms with van der Waals surface area (Å²) in [5.74, 6) is 0.385. The highest BCUT2D eigenvalue weighted by Crippen LogP contribution is 2.14. The summed E-state index contributed by atoms with van der Waals surface area (Å²) in [6, 6.07) is 21.2. The number of ether oxygens (including phenoxy) is 2. The molecular weight excluding hydrogens is 420 g/mol. The molecule has 3 rings (SSSR count). The molecule has 2 N–H and O–H groups in total. The average Bonchev–Trinajstić information content (AvgIpc) is 2.82. The monoisotopic (exact) mass is 448 g/mol. The standard InChI is InChI=1S/C26H28N2O5/c29-25(22-15-17-27-24(19-22)33-26(30)31)28-16-14-21-10-12-23(13-11-21)32-18-6-2-5-9-20-7-3-1-4-8-20/h1,3-4,7-8,10-13,15,17,19H,2,5-6,9,14,16,18H2,(H,28,29)(H,30,31). The second kappa shape index (κ2) is 12.9. The largest absolute Gasteiger partial charge is 0.512 e. The van der Waals surface area contributed by atoms with E-state index in [-0.39, 0.29) is 17.4 Å². The number of carbonyl (C=O) groups is 2. The van der Waals surface area contributed by atoms with E-state index < -0.39 is 6.16 Å². The van der Waals surface area contributed by atoms with Crippen molar-refractivity contribution in [3.05, 3.63) is 89.6 Å². The molecule has 1 amide bonds. The number of nitrogens with zero attached hydrogens (tertiary/aromatic N) is 1. The zero-order valence-electron chi connectivity index (χ0n) is 18.4. The number of pyridine rings is 1. The van der Waals surface area contributed by atoms with Crippen molar-refractivity contribution in [3.63, 3.8) is 0 Å². The predicted octanol–water partition coefficient (Wildman–Crippen LogP) is 4.90. The molecule has 0 unspecified atom stereocenters. The predicted molar refractivity (Wildman–Crippen MR) is 125 cm³/mol. The summed E-state index contributed by atoms with van der Waals surface area (Å²) in [5.41, 5.74) is 2.74. The van der Waals surface area contributed by atoms with Crippen LogP contribution in [0.15, 0.2) is 72.9 Å². The Morgan fingerprint density at radius 2 is 1.64 bits per heavy atom. The molecule has 0 atom stereocenters. The van der Waals surface area contributed by atoms with Gasteiger partial charge in [-0.2, -0.15) is 0 Å². The highest BCUT2D eigenvalue weighted by atomic mass is 16.7. The number of unbranched alkanes of at least 4 members (excludes halogenated alkanes) is 2. The number of amides is 1. The van der Waals surface area contributed by atoms with Crippen molar-refractivity contribution in [1.82, 2.24) is 10.3 Å². The van der Waals surface area contributed by atoms with Gasteiger partial charge in [0.05, 0.1) is 6.61 Å². The zero-order valence-corrected chi connectivity index (χ0v) is 18.4. The van der Waals surface area contributed by atoms with Gasteiger partial charge in [0.1, 0.15) is 5.75 Å². The first-order valence-electron chi connectivity index (χ1n) is 11.0. The summed E-state index contributed by atoms with van der Waals surface area (Å²) >= 11 is 0. The van der Waals surface area contributed by atoms with Gasteiger partial charge in [0.2, 0.25) is 5.88 Å². The lowest BCUT2D eigenvalue weighted by molar-refractivity contribution is 0.0952. The van der Waals surface area contributed by atoms with Crippen molar-refractivity contribution >= 4 is 12.1 Å². The van der Waals surface area contributed by atoms with Gasteiger partial charge in [-0.25, -0.2) is 9.78 Å². The molecule has 1 heterocycles. The van der Waals surface area contributed by atoms with E-state index in [0.717, 1.165) is 37.0 Å². The molecule has 7 heteroatoms. The van der Waals surface area contributed by atoms with Crippen LogP contribution in [0, 0.1) is 0 Å². The van der Waals surface area contributed by atoms with Crippen LogP contribution in [0.1, 0.15) is 40.7 Å². The fraction of sp³-hybridized carbons (Fsp3) is 0.269. The average molecular weight is 449 g/mol. The van der Waals surface area contributed by atoms with Crippen molar-refractivity contribution in [3.8, 4) is 11.6 Å². The third-order valence-electron chi connectivity index (χ3n) is 5.03. The van der Waals surface area contributed by atoms with Gasteiger partial charge in [0, 0.05) is 24.4 Å². The fourth-order valence-electron chi connectivity index (χ4n) is 3.31. The van der Waals surface area contributed by atoms with Crippen LogP contribution in [0.4, 0.5) is 4.79 Å². The van der Waals surface area contributed by atoms with E-state index in [1.807, 2.05) is 30.3 Å². The van der Waals surface area contributed by atoms with E-state index in [1.165, 1.54) is 23.9 Å². The highest BCUT2D eigenvalue weighted by molar-refractivity contribution is 5.94. The Morgan fingerprint density at radius 1 is 0.879 bits per heavy atom. The quantitative estimate of drug-likeness (QED) is 0.302. The van der Waals surface area contributed by atoms with E-state index in [0.29, 0.717) is 19.6 Å². The Bertz CT molecular complexity index is 1020. The molecule has 0 radical (unpaired) electrons. The van der Waals surface area contributed by atoms with Crippen LogP contribution in [-0.4, -0.2) is 35.3 Å². The van der Waals surface area contributed by atoms with E-state index in [9.17, 15) is 9.59 Å². The maximum Gasteiger partial charge on any atom is 0.512 e. The van der Waals surface area contributed by atoms with Crippen molar-refractivity contribution in [2.24, 2.45) is 0 Å². The highest BCUT2D eigenvalue weighted by Gasteiger charge is 2.09. The summed E-state index contributed by atoms with van der Waals surface area (Å²) < 4.78 is 10.3. The van der Waals surface area contributed by atoms with Crippen LogP contribution < -0.4 is 14.8 Å². The smallest absolute Gasteiger partial charge is 0.494 e. The van der Waals surface area contributed by atoms with Gasteiger partial charge in [-0.15, -0.1) is 0 Å². The number of carboxylic acid groups (broad SMARTS) is 1. The summed E-state index contributed by atoms with van der Waals surface area (Å²) in [6.07, 6.45) is 4.93. The molecule has 0 aliphatic heterocycles. The maximum atomic E-state index is 12.2. The van der Waals surface area contributed by atoms with Gasteiger partial charge in [-0.3, -0.25) is 4.79 Å². The summed E-state index contributed by atoms with van der Waals surface area (Å²) in [4.78, 5) is 26.6. The first-order chi connectivity index (χ1) is 16.1. The number of nitrogens with one attached hydrogen (secondary N) is 1. The first-order valence-corrected chi connectivity index (χ1v) is 11.0. The molecule has 0 saturated heterocycles. The van der Waals surface area contributed by atoms with Crippen LogP contribution in [0.2, 0.25) is 0 Å². The normalized spacial score (nSPS) is 10.4. The number of hydrogen-bond acceptors (Lipinski definition) is 5. The van der Waals surface area contributed by atoms with Crippen LogP contribution in [0.5, 0.6) is 11.6 Å². The Hall–Kier alpha value is -3.87. The molecule has 33 heavy (non-hydrogen) atoms. The number of carbonyl (C=O) groups excluding carboxylic acids is 1. The topological polar surface area (TPSA) is 97.8 Å². The van der Waals surface area contributed by atoms with Crippen LogP contribution in [-0.2, 0) is 12.8 Å². The lowest BCUT2D eigenvalue weighted by Crippen LogP contribution is -2.25. The van der Waals surface area contributed by atoms with Crippen LogP contribution in [0.3, 0.4) is 0 Å². The van der Waals surface area contributed by atoms with Gasteiger partial charge in [-0.05, 0) is 61.4 Å². The minimum atomic E-state index is -1.48. The lowest BCUT2D eigenvalue weighted by Gasteiger charge is -2.09. The molecule has 0 aliphatic rings. The van der Waals surface area contributed by atoms with E-state index in [4.69, 9.17) is 9.84 Å². The van der Waals surface area contributed by atoms with Crippen molar-refractivity contribution in [2.75, 3.05) is 13.2 Å². The van der Waals surface area contributed by atoms with E-state index in [2.05, 4.69) is 39.3 Å². The molecule has 7 nitrogen and oxygen atoms in total. The minimum absolute atomic E-state index is 0.137. The lowest BCUT2D eigenvalue weighted by atomic mass is 10.1. The van der Waals surface area contributed by atoms with Gasteiger partial charge in [-0.1, -0.05) is 42.5 Å². The van der Waals surface area contributed by atoms with E-state index >= 15 is 0 Å². The van der Waals surface area contributed by atoms with Crippen molar-refractivity contribution < 1.29 is 24.2 Å². The molecule has 0 aliphatic carbocycles. The maximum absolute atomic E-state index is 12.2. The first kappa shape index (κ1) is 23.8. The van der Waals surface area contributed by atoms with Crippen LogP contribution in [0.25, 0.3) is 0 Å². The number of rotatable bonds is 12. The van der Waals surface area contributed by atoms with Gasteiger partial charge in [0.15, 0.2) is 0 Å². The van der Waals surface area contributed by atoms with Crippen molar-refractivity contribution in [1.29, 1.82) is 0 Å². The molecule has 0 fully saturated rings. The molecular formula is C26H28N2O5. The molecule has 3 aromatic rings. The number of aryl methyl sites for hydroxylation is 1. The minimum Gasteiger partial charge on any atom is -0.494 e. The third kappa shape index (κ3) is 8.65. The second-order valence-corrected chi connectivity index (χ2v) is 7.55. The molecule has 0 saturated carbocycles. The van der Waals surface area contributed by atoms with Gasteiger partial charge < -0.3 is 19.9 Å². The number of benzene rings is 2. The fourth-order valence-corrected chi connectivity index (χ4v) is 3.31. The number of hydrogen-bond donors (Lipinski definition) is 2. The van der Waals surface area contributed by atoms with Crippen LogP contribution >= 0.6 is 0 Å². The van der Waals surface area contributed by atoms with E-state index in [1.54, 1.807) is 0 Å². The second-order valence-electron chi connectivity index (χ2n) is 7.55. The number of aromatic nitrogens is 1. The Balaban J connectivity index is 1.31. The Kier molecular flexibility index (Phi) is 9.27. The molecule has 172 valence electrons. The summed E-state index contributed by atoms with van der Waals surface area (Å²) in [6.45, 7) is 1.14. The third-order valence-corrected chi connectivity index (χ3v) is 5.03. The molecule has 0 bridgehead atoms. The zero-order chi connectivity index (χ0) is 23.3. The molecule has 2 aromatic carbocycles. The Morgan fingerprint density at radius 3 is 2.39 bits per heavy atom. The summed E-state index contributed by atoms with van der Waals surface area (Å²) in [5, 5.41) is 11.4. The Labute approximate surface area is 193 Å². The molecule has 0 spiro atoms. The van der Waals surface area contributed by atoms with Gasteiger partial charge >= 0.3 is 6.16 Å². The SMILES string of the molecule is O=C(O)Oc1cc(C(=O)NCCc2ccc(OCCCCCc3ccccc3)cc2)ccn1.